The first kappa shape index (κ1) is 16.2. The number of nitrogens with one attached hydrogen (secondary N) is 2. The molecule has 2 aromatic heterocycles. The number of amides is 1. The molecule has 134 valence electrons. The summed E-state index contributed by atoms with van der Waals surface area (Å²) in [6.45, 7) is 3.94. The number of carbonyl (C=O) groups is 1. The molecule has 0 aromatic carbocycles. The number of aromatic amines is 1. The van der Waals surface area contributed by atoms with Gasteiger partial charge in [0.1, 0.15) is 5.82 Å². The Balaban J connectivity index is 1.85. The van der Waals surface area contributed by atoms with Gasteiger partial charge >= 0.3 is 0 Å². The van der Waals surface area contributed by atoms with Crippen molar-refractivity contribution in [3.05, 3.63) is 32.9 Å². The number of hydrogen-bond acceptors (Lipinski definition) is 3. The van der Waals surface area contributed by atoms with E-state index in [-0.39, 0.29) is 29.8 Å². The zero-order valence-corrected chi connectivity index (χ0v) is 15.1. The average Bonchev–Trinajstić information content (AvgIpc) is 3.04. The van der Waals surface area contributed by atoms with Crippen LogP contribution in [-0.2, 0) is 11.8 Å². The lowest BCUT2D eigenvalue weighted by atomic mass is 9.85. The molecule has 0 bridgehead atoms. The van der Waals surface area contributed by atoms with E-state index in [0.29, 0.717) is 11.4 Å². The largest absolute Gasteiger partial charge is 0.311 e. The lowest BCUT2D eigenvalue weighted by Gasteiger charge is -2.28. The molecule has 0 saturated heterocycles. The second kappa shape index (κ2) is 5.89. The third-order valence-corrected chi connectivity index (χ3v) is 5.81. The number of hydrogen-bond donors (Lipinski definition) is 2. The monoisotopic (exact) mass is 343 g/mol. The van der Waals surface area contributed by atoms with E-state index >= 15 is 0 Å². The number of anilines is 1. The molecule has 4 rings (SSSR count). The molecule has 1 aliphatic heterocycles. The molecular weight excluding hydrogens is 318 g/mol. The molecule has 2 aromatic rings. The van der Waals surface area contributed by atoms with E-state index in [2.05, 4.69) is 15.5 Å². The Morgan fingerprint density at radius 1 is 1.08 bits per heavy atom. The minimum atomic E-state index is -0.231. The van der Waals surface area contributed by atoms with Crippen molar-refractivity contribution in [1.29, 1.82) is 0 Å². The molecular formula is C18H25N5O2. The molecule has 25 heavy (non-hydrogen) atoms. The molecule has 7 heteroatoms. The lowest BCUT2D eigenvalue weighted by Crippen LogP contribution is -2.28. The van der Waals surface area contributed by atoms with Gasteiger partial charge in [0, 0.05) is 30.6 Å². The first-order valence-electron chi connectivity index (χ1n) is 9.11. The van der Waals surface area contributed by atoms with Crippen molar-refractivity contribution < 1.29 is 4.79 Å². The topological polar surface area (TPSA) is 84.7 Å². The molecule has 1 atom stereocenters. The van der Waals surface area contributed by atoms with E-state index < -0.39 is 0 Å². The molecule has 0 radical (unpaired) electrons. The predicted octanol–water partition coefficient (Wildman–Crippen LogP) is 2.51. The Morgan fingerprint density at radius 3 is 2.44 bits per heavy atom. The van der Waals surface area contributed by atoms with E-state index in [9.17, 15) is 9.59 Å². The third-order valence-electron chi connectivity index (χ3n) is 5.81. The molecule has 1 saturated carbocycles. The van der Waals surface area contributed by atoms with Gasteiger partial charge < -0.3 is 5.32 Å². The van der Waals surface area contributed by atoms with Crippen LogP contribution in [0.5, 0.6) is 0 Å². The molecule has 2 N–H and O–H groups in total. The second-order valence-corrected chi connectivity index (χ2v) is 7.38. The Hall–Kier alpha value is -2.31. The summed E-state index contributed by atoms with van der Waals surface area (Å²) < 4.78 is 3.74. The van der Waals surface area contributed by atoms with E-state index in [0.717, 1.165) is 42.6 Å². The van der Waals surface area contributed by atoms with Crippen LogP contribution in [0.3, 0.4) is 0 Å². The summed E-state index contributed by atoms with van der Waals surface area (Å²) in [5, 5.41) is 10.4. The molecule has 1 aliphatic carbocycles. The van der Waals surface area contributed by atoms with Crippen LogP contribution in [0.4, 0.5) is 5.82 Å². The van der Waals surface area contributed by atoms with Crippen LogP contribution < -0.4 is 10.9 Å². The number of aromatic nitrogens is 4. The molecule has 1 amide bonds. The molecule has 7 nitrogen and oxygen atoms in total. The Morgan fingerprint density at radius 2 is 1.80 bits per heavy atom. The molecule has 0 unspecified atom stereocenters. The van der Waals surface area contributed by atoms with Crippen LogP contribution in [-0.4, -0.2) is 25.5 Å². The van der Waals surface area contributed by atoms with Crippen LogP contribution in [0.25, 0.3) is 0 Å². The highest BCUT2D eigenvalue weighted by Gasteiger charge is 2.36. The maximum absolute atomic E-state index is 12.8. The number of rotatable bonds is 2. The van der Waals surface area contributed by atoms with Gasteiger partial charge in [-0.2, -0.15) is 5.10 Å². The molecule has 2 aliphatic rings. The van der Waals surface area contributed by atoms with Crippen LogP contribution in [0.15, 0.2) is 4.79 Å². The average molecular weight is 343 g/mol. The van der Waals surface area contributed by atoms with E-state index in [1.54, 1.807) is 0 Å². The maximum Gasteiger partial charge on any atom is 0.270 e. The highest BCUT2D eigenvalue weighted by Crippen LogP contribution is 2.40. The number of aryl methyl sites for hydroxylation is 2. The van der Waals surface area contributed by atoms with Gasteiger partial charge in [0.15, 0.2) is 0 Å². The van der Waals surface area contributed by atoms with Gasteiger partial charge in [0.25, 0.3) is 5.56 Å². The smallest absolute Gasteiger partial charge is 0.270 e. The van der Waals surface area contributed by atoms with E-state index in [1.807, 2.05) is 30.3 Å². The van der Waals surface area contributed by atoms with Crippen LogP contribution in [0, 0.1) is 13.8 Å². The lowest BCUT2D eigenvalue weighted by molar-refractivity contribution is -0.116. The summed E-state index contributed by atoms with van der Waals surface area (Å²) in [7, 11) is 1.90. The van der Waals surface area contributed by atoms with Gasteiger partial charge in [-0.05, 0) is 26.7 Å². The highest BCUT2D eigenvalue weighted by molar-refractivity contribution is 5.94. The zero-order valence-electron chi connectivity index (χ0n) is 15.1. The van der Waals surface area contributed by atoms with E-state index in [1.165, 1.54) is 6.42 Å². The SMILES string of the molecule is Cc1nn(C)c(C)c1[C@H]1CC(=O)Nc2c1c(=O)[nH]n2C1CCCCC1. The highest BCUT2D eigenvalue weighted by atomic mass is 16.2. The van der Waals surface area contributed by atoms with Crippen molar-refractivity contribution in [3.63, 3.8) is 0 Å². The van der Waals surface area contributed by atoms with Crippen molar-refractivity contribution in [3.8, 4) is 0 Å². The van der Waals surface area contributed by atoms with Crippen molar-refractivity contribution in [2.24, 2.45) is 7.05 Å². The summed E-state index contributed by atoms with van der Waals surface area (Å²) in [6.07, 6.45) is 5.95. The van der Waals surface area contributed by atoms with Crippen LogP contribution in [0.1, 0.15) is 73.0 Å². The Labute approximate surface area is 146 Å². The fraction of sp³-hybridized carbons (Fsp3) is 0.611. The summed E-state index contributed by atoms with van der Waals surface area (Å²) in [5.74, 6) is 0.399. The number of H-pyrrole nitrogens is 1. The van der Waals surface area contributed by atoms with Crippen LogP contribution >= 0.6 is 0 Å². The van der Waals surface area contributed by atoms with E-state index in [4.69, 9.17) is 0 Å². The van der Waals surface area contributed by atoms with Gasteiger partial charge in [-0.15, -0.1) is 0 Å². The summed E-state index contributed by atoms with van der Waals surface area (Å²) >= 11 is 0. The normalized spacial score (nSPS) is 21.2. The van der Waals surface area contributed by atoms with Crippen molar-refractivity contribution >= 4 is 11.7 Å². The fourth-order valence-corrected chi connectivity index (χ4v) is 4.54. The number of nitrogens with zero attached hydrogens (tertiary/aromatic N) is 3. The third kappa shape index (κ3) is 2.53. The summed E-state index contributed by atoms with van der Waals surface area (Å²) in [6, 6.07) is 0.264. The van der Waals surface area contributed by atoms with Gasteiger partial charge in [-0.1, -0.05) is 19.3 Å². The molecule has 3 heterocycles. The number of carbonyl (C=O) groups excluding carboxylic acids is 1. The minimum absolute atomic E-state index is 0.0382. The summed E-state index contributed by atoms with van der Waals surface area (Å²) in [5.41, 5.74) is 3.49. The Kier molecular flexibility index (Phi) is 3.81. The fourth-order valence-electron chi connectivity index (χ4n) is 4.54. The first-order valence-corrected chi connectivity index (χ1v) is 9.11. The van der Waals surface area contributed by atoms with Crippen LogP contribution in [0.2, 0.25) is 0 Å². The Bertz CT molecular complexity index is 882. The second-order valence-electron chi connectivity index (χ2n) is 7.38. The minimum Gasteiger partial charge on any atom is -0.311 e. The number of fused-ring (bicyclic) bond motifs is 1. The van der Waals surface area contributed by atoms with Gasteiger partial charge in [0.2, 0.25) is 5.91 Å². The quantitative estimate of drug-likeness (QED) is 0.878. The molecule has 0 spiro atoms. The summed E-state index contributed by atoms with van der Waals surface area (Å²) in [4.78, 5) is 25.2. The van der Waals surface area contributed by atoms with Gasteiger partial charge in [-0.25, -0.2) is 0 Å². The van der Waals surface area contributed by atoms with Gasteiger partial charge in [-0.3, -0.25) is 24.1 Å². The molecule has 1 fully saturated rings. The first-order chi connectivity index (χ1) is 12.0. The van der Waals surface area contributed by atoms with Crippen molar-refractivity contribution in [1.82, 2.24) is 19.6 Å². The zero-order chi connectivity index (χ0) is 17.7. The predicted molar refractivity (Wildman–Crippen MR) is 94.9 cm³/mol. The maximum atomic E-state index is 12.8. The van der Waals surface area contributed by atoms with Gasteiger partial charge in [0.05, 0.1) is 17.3 Å². The van der Waals surface area contributed by atoms with Crippen molar-refractivity contribution in [2.75, 3.05) is 5.32 Å². The van der Waals surface area contributed by atoms with Crippen molar-refractivity contribution in [2.45, 2.75) is 64.3 Å². The standard InChI is InChI=1S/C18H25N5O2/c1-10-15(11(2)22(3)20-10)13-9-14(24)19-17-16(13)18(25)21-23(17)12-7-5-4-6-8-12/h12-13H,4-9H2,1-3H3,(H,19,24)(H,21,25)/t13-/m1/s1.